The van der Waals surface area contributed by atoms with E-state index in [9.17, 15) is 9.18 Å². The van der Waals surface area contributed by atoms with Gasteiger partial charge in [0.2, 0.25) is 0 Å². The van der Waals surface area contributed by atoms with Gasteiger partial charge in [-0.1, -0.05) is 25.1 Å². The third kappa shape index (κ3) is 2.74. The molecule has 5 heteroatoms. The molecule has 4 nitrogen and oxygen atoms in total. The molecule has 1 aliphatic rings. The molecule has 2 aromatic carbocycles. The molecule has 1 atom stereocenters. The lowest BCUT2D eigenvalue weighted by Crippen LogP contribution is -2.43. The number of fused-ring (bicyclic) bond motifs is 1. The first-order valence-corrected chi connectivity index (χ1v) is 7.65. The fourth-order valence-electron chi connectivity index (χ4n) is 2.88. The Balaban J connectivity index is 2.03. The van der Waals surface area contributed by atoms with Gasteiger partial charge in [-0.25, -0.2) is 4.39 Å². The third-order valence-corrected chi connectivity index (χ3v) is 3.98. The van der Waals surface area contributed by atoms with Gasteiger partial charge in [0, 0.05) is 12.2 Å². The number of nitrogens with zero attached hydrogens (tertiary/aromatic N) is 1. The van der Waals surface area contributed by atoms with Crippen LogP contribution in [-0.4, -0.2) is 24.5 Å². The normalized spacial score (nSPS) is 16.7. The standard InChI is InChI=1S/C18H19FN2O2/c1-3-10-21-17(12-8-9-16(23-2)14(19)11-12)20-15-7-5-4-6-13(15)18(21)22/h4-9,11,17,20H,3,10H2,1-2H3/t17-/m0/s1. The molecule has 0 saturated carbocycles. The lowest BCUT2D eigenvalue weighted by atomic mass is 10.0. The molecule has 0 saturated heterocycles. The highest BCUT2D eigenvalue weighted by atomic mass is 19.1. The number of ether oxygens (including phenoxy) is 1. The van der Waals surface area contributed by atoms with Crippen molar-refractivity contribution in [2.75, 3.05) is 19.0 Å². The fourth-order valence-corrected chi connectivity index (χ4v) is 2.88. The Labute approximate surface area is 134 Å². The van der Waals surface area contributed by atoms with Gasteiger partial charge in [0.15, 0.2) is 11.6 Å². The van der Waals surface area contributed by atoms with Crippen molar-refractivity contribution in [1.82, 2.24) is 4.90 Å². The van der Waals surface area contributed by atoms with Crippen LogP contribution in [0.15, 0.2) is 42.5 Å². The van der Waals surface area contributed by atoms with Crippen LogP contribution in [0.1, 0.15) is 35.4 Å². The summed E-state index contributed by atoms with van der Waals surface area (Å²) in [6.07, 6.45) is 0.433. The van der Waals surface area contributed by atoms with Crippen molar-refractivity contribution in [1.29, 1.82) is 0 Å². The topological polar surface area (TPSA) is 41.6 Å². The number of anilines is 1. The highest BCUT2D eigenvalue weighted by Crippen LogP contribution is 2.34. The predicted molar refractivity (Wildman–Crippen MR) is 87.1 cm³/mol. The second-order valence-corrected chi connectivity index (χ2v) is 5.48. The molecule has 0 bridgehead atoms. The Morgan fingerprint density at radius 1 is 1.26 bits per heavy atom. The number of carbonyl (C=O) groups is 1. The molecule has 1 N–H and O–H groups in total. The van der Waals surface area contributed by atoms with E-state index < -0.39 is 12.0 Å². The smallest absolute Gasteiger partial charge is 0.257 e. The molecule has 0 unspecified atom stereocenters. The lowest BCUT2D eigenvalue weighted by Gasteiger charge is -2.38. The van der Waals surface area contributed by atoms with Crippen molar-refractivity contribution in [3.8, 4) is 5.75 Å². The summed E-state index contributed by atoms with van der Waals surface area (Å²) in [4.78, 5) is 14.5. The van der Waals surface area contributed by atoms with Crippen LogP contribution in [-0.2, 0) is 0 Å². The Morgan fingerprint density at radius 2 is 2.04 bits per heavy atom. The molecule has 0 aromatic heterocycles. The zero-order chi connectivity index (χ0) is 16.4. The van der Waals surface area contributed by atoms with E-state index in [4.69, 9.17) is 4.74 Å². The first-order valence-electron chi connectivity index (χ1n) is 7.65. The minimum Gasteiger partial charge on any atom is -0.494 e. The summed E-state index contributed by atoms with van der Waals surface area (Å²) < 4.78 is 19.0. The van der Waals surface area contributed by atoms with E-state index in [-0.39, 0.29) is 11.7 Å². The first kappa shape index (κ1) is 15.3. The lowest BCUT2D eigenvalue weighted by molar-refractivity contribution is 0.0683. The highest BCUT2D eigenvalue weighted by Gasteiger charge is 2.32. The van der Waals surface area contributed by atoms with Crippen molar-refractivity contribution in [3.63, 3.8) is 0 Å². The average Bonchev–Trinajstić information content (AvgIpc) is 2.57. The molecule has 120 valence electrons. The zero-order valence-corrected chi connectivity index (χ0v) is 13.2. The summed E-state index contributed by atoms with van der Waals surface area (Å²) in [7, 11) is 1.43. The van der Waals surface area contributed by atoms with Crippen molar-refractivity contribution < 1.29 is 13.9 Å². The molecule has 1 aliphatic heterocycles. The SMILES string of the molecule is CCCN1C(=O)c2ccccc2N[C@@H]1c1ccc(OC)c(F)c1. The van der Waals surface area contributed by atoms with Crippen LogP contribution in [0.3, 0.4) is 0 Å². The van der Waals surface area contributed by atoms with Crippen LogP contribution in [0.4, 0.5) is 10.1 Å². The summed E-state index contributed by atoms with van der Waals surface area (Å²) in [6, 6.07) is 12.2. The van der Waals surface area contributed by atoms with Crippen LogP contribution >= 0.6 is 0 Å². The summed E-state index contributed by atoms with van der Waals surface area (Å²) in [5.74, 6) is -0.282. The highest BCUT2D eigenvalue weighted by molar-refractivity contribution is 6.01. The minimum atomic E-state index is -0.436. The van der Waals surface area contributed by atoms with Gasteiger partial charge in [-0.3, -0.25) is 4.79 Å². The van der Waals surface area contributed by atoms with Gasteiger partial charge in [-0.15, -0.1) is 0 Å². The Bertz CT molecular complexity index is 733. The monoisotopic (exact) mass is 314 g/mol. The van der Waals surface area contributed by atoms with E-state index in [1.165, 1.54) is 13.2 Å². The van der Waals surface area contributed by atoms with E-state index in [1.54, 1.807) is 23.1 Å². The number of carbonyl (C=O) groups excluding carboxylic acids is 1. The van der Waals surface area contributed by atoms with Gasteiger partial charge in [-0.2, -0.15) is 0 Å². The molecule has 3 rings (SSSR count). The maximum atomic E-state index is 14.1. The molecule has 1 heterocycles. The average molecular weight is 314 g/mol. The predicted octanol–water partition coefficient (Wildman–Crippen LogP) is 3.81. The van der Waals surface area contributed by atoms with E-state index in [0.29, 0.717) is 17.7 Å². The molecular formula is C18H19FN2O2. The van der Waals surface area contributed by atoms with Gasteiger partial charge in [0.25, 0.3) is 5.91 Å². The number of nitrogens with one attached hydrogen (secondary N) is 1. The van der Waals surface area contributed by atoms with Gasteiger partial charge in [0.1, 0.15) is 6.17 Å². The maximum absolute atomic E-state index is 14.1. The molecule has 23 heavy (non-hydrogen) atoms. The van der Waals surface area contributed by atoms with Crippen molar-refractivity contribution in [2.45, 2.75) is 19.5 Å². The maximum Gasteiger partial charge on any atom is 0.257 e. The summed E-state index contributed by atoms with van der Waals surface area (Å²) in [5.41, 5.74) is 2.11. The van der Waals surface area contributed by atoms with Crippen LogP contribution in [0, 0.1) is 5.82 Å². The molecule has 0 aliphatic carbocycles. The van der Waals surface area contributed by atoms with Crippen LogP contribution in [0.25, 0.3) is 0 Å². The second kappa shape index (κ2) is 6.28. The van der Waals surface area contributed by atoms with Gasteiger partial charge < -0.3 is 15.0 Å². The quantitative estimate of drug-likeness (QED) is 0.933. The summed E-state index contributed by atoms with van der Waals surface area (Å²) in [6.45, 7) is 2.61. The van der Waals surface area contributed by atoms with Crippen molar-refractivity contribution in [2.24, 2.45) is 0 Å². The zero-order valence-electron chi connectivity index (χ0n) is 13.2. The molecule has 0 fully saturated rings. The number of benzene rings is 2. The molecule has 1 amide bonds. The number of para-hydroxylation sites is 1. The van der Waals surface area contributed by atoms with Crippen LogP contribution in [0.2, 0.25) is 0 Å². The van der Waals surface area contributed by atoms with E-state index >= 15 is 0 Å². The largest absolute Gasteiger partial charge is 0.494 e. The van der Waals surface area contributed by atoms with Crippen LogP contribution in [0.5, 0.6) is 5.75 Å². The number of hydrogen-bond acceptors (Lipinski definition) is 3. The number of amides is 1. The molecular weight excluding hydrogens is 295 g/mol. The van der Waals surface area contributed by atoms with E-state index in [0.717, 1.165) is 12.1 Å². The Kier molecular flexibility index (Phi) is 4.19. The fraction of sp³-hybridized carbons (Fsp3) is 0.278. The number of hydrogen-bond donors (Lipinski definition) is 1. The van der Waals surface area contributed by atoms with Gasteiger partial charge in [0.05, 0.1) is 12.7 Å². The minimum absolute atomic E-state index is 0.0394. The van der Waals surface area contributed by atoms with Gasteiger partial charge in [-0.05, 0) is 36.2 Å². The number of halogens is 1. The second-order valence-electron chi connectivity index (χ2n) is 5.48. The van der Waals surface area contributed by atoms with Gasteiger partial charge >= 0.3 is 0 Å². The Morgan fingerprint density at radius 3 is 2.74 bits per heavy atom. The molecule has 0 spiro atoms. The van der Waals surface area contributed by atoms with Crippen molar-refractivity contribution >= 4 is 11.6 Å². The van der Waals surface area contributed by atoms with E-state index in [1.807, 2.05) is 25.1 Å². The van der Waals surface area contributed by atoms with Crippen LogP contribution < -0.4 is 10.1 Å². The summed E-state index contributed by atoms with van der Waals surface area (Å²) >= 11 is 0. The van der Waals surface area contributed by atoms with Crippen molar-refractivity contribution in [3.05, 3.63) is 59.4 Å². The Hall–Kier alpha value is -2.56. The number of methoxy groups -OCH3 is 1. The molecule has 0 radical (unpaired) electrons. The summed E-state index contributed by atoms with van der Waals surface area (Å²) in [5, 5.41) is 3.34. The van der Waals surface area contributed by atoms with E-state index in [2.05, 4.69) is 5.32 Å². The number of rotatable bonds is 4. The molecule has 2 aromatic rings. The third-order valence-electron chi connectivity index (χ3n) is 3.98. The first-order chi connectivity index (χ1) is 11.2.